The molecule has 2 N–H and O–H groups in total. The zero-order valence-corrected chi connectivity index (χ0v) is 12.5. The summed E-state index contributed by atoms with van der Waals surface area (Å²) in [4.78, 5) is 0. The molecule has 2 rings (SSSR count). The number of nitrogens with two attached hydrogens (primary N) is 1. The molecule has 2 aromatic rings. The Balaban J connectivity index is 2.24. The van der Waals surface area contributed by atoms with Crippen molar-refractivity contribution in [2.75, 3.05) is 0 Å². The summed E-state index contributed by atoms with van der Waals surface area (Å²) in [6, 6.07) is 11.9. The van der Waals surface area contributed by atoms with Crippen LogP contribution in [0.5, 0.6) is 0 Å². The molecule has 2 nitrogen and oxygen atoms in total. The van der Waals surface area contributed by atoms with E-state index in [1.807, 2.05) is 12.1 Å². The van der Waals surface area contributed by atoms with Gasteiger partial charge in [-0.15, -0.1) is 0 Å². The van der Waals surface area contributed by atoms with Gasteiger partial charge in [-0.3, -0.25) is 0 Å². The van der Waals surface area contributed by atoms with Gasteiger partial charge in [0.25, 0.3) is 0 Å². The van der Waals surface area contributed by atoms with Crippen LogP contribution in [0.2, 0.25) is 0 Å². The second kappa shape index (κ2) is 4.90. The fraction of sp³-hybridized carbons (Fsp3) is 0.333. The second-order valence-corrected chi connectivity index (χ2v) is 6.27. The molecule has 3 heteroatoms. The smallest absolute Gasteiger partial charge is 0.169 e. The van der Waals surface area contributed by atoms with Crippen LogP contribution in [-0.2, 0) is 5.41 Å². The zero-order valence-electron chi connectivity index (χ0n) is 10.9. The topological polar surface area (TPSA) is 39.2 Å². The standard InChI is InChI=1S/C15H18BrNO/c1-15(2,3)11-6-4-10(5-7-11)14(17)12-8-9-13(16)18-12/h4-9,14H,17H2,1-3H3. The molecule has 0 fully saturated rings. The lowest BCUT2D eigenvalue weighted by Gasteiger charge is -2.20. The molecule has 0 saturated heterocycles. The third kappa shape index (κ3) is 2.85. The molecule has 1 aromatic heterocycles. The molecular weight excluding hydrogens is 290 g/mol. The van der Waals surface area contributed by atoms with Gasteiger partial charge in [-0.25, -0.2) is 0 Å². The first kappa shape index (κ1) is 13.4. The predicted octanol–water partition coefficient (Wildman–Crippen LogP) is 4.39. The SMILES string of the molecule is CC(C)(C)c1ccc(C(N)c2ccc(Br)o2)cc1. The summed E-state index contributed by atoms with van der Waals surface area (Å²) < 4.78 is 6.20. The van der Waals surface area contributed by atoms with E-state index in [9.17, 15) is 0 Å². The summed E-state index contributed by atoms with van der Waals surface area (Å²) in [7, 11) is 0. The third-order valence-electron chi connectivity index (χ3n) is 3.04. The molecule has 18 heavy (non-hydrogen) atoms. The van der Waals surface area contributed by atoms with Crippen molar-refractivity contribution in [1.82, 2.24) is 0 Å². The average Bonchev–Trinajstić information content (AvgIpc) is 2.74. The highest BCUT2D eigenvalue weighted by molar-refractivity contribution is 9.10. The first-order valence-electron chi connectivity index (χ1n) is 5.99. The van der Waals surface area contributed by atoms with E-state index in [0.29, 0.717) is 4.67 Å². The molecule has 0 spiro atoms. The highest BCUT2D eigenvalue weighted by atomic mass is 79.9. The lowest BCUT2D eigenvalue weighted by atomic mass is 9.86. The minimum Gasteiger partial charge on any atom is -0.452 e. The Hall–Kier alpha value is -1.06. The summed E-state index contributed by atoms with van der Waals surface area (Å²) in [6.45, 7) is 6.60. The van der Waals surface area contributed by atoms with E-state index in [1.165, 1.54) is 5.56 Å². The maximum Gasteiger partial charge on any atom is 0.169 e. The lowest BCUT2D eigenvalue weighted by Crippen LogP contribution is -2.13. The Bertz CT molecular complexity index is 522. The van der Waals surface area contributed by atoms with Gasteiger partial charge in [0.15, 0.2) is 4.67 Å². The maximum atomic E-state index is 6.17. The Morgan fingerprint density at radius 3 is 2.11 bits per heavy atom. The number of halogens is 1. The van der Waals surface area contributed by atoms with Gasteiger partial charge in [0.1, 0.15) is 5.76 Å². The lowest BCUT2D eigenvalue weighted by molar-refractivity contribution is 0.470. The zero-order chi connectivity index (χ0) is 13.3. The van der Waals surface area contributed by atoms with Gasteiger partial charge in [0.05, 0.1) is 6.04 Å². The van der Waals surface area contributed by atoms with Gasteiger partial charge in [0.2, 0.25) is 0 Å². The quantitative estimate of drug-likeness (QED) is 0.894. The number of benzene rings is 1. The molecule has 0 aliphatic heterocycles. The van der Waals surface area contributed by atoms with Gasteiger partial charge in [-0.2, -0.15) is 0 Å². The molecule has 1 aromatic carbocycles. The van der Waals surface area contributed by atoms with Crippen LogP contribution in [0.3, 0.4) is 0 Å². The Labute approximate surface area is 116 Å². The van der Waals surface area contributed by atoms with Crippen LogP contribution in [-0.4, -0.2) is 0 Å². The molecule has 0 aliphatic carbocycles. The fourth-order valence-electron chi connectivity index (χ4n) is 1.85. The summed E-state index contributed by atoms with van der Waals surface area (Å²) in [5.41, 5.74) is 8.70. The number of rotatable bonds is 2. The van der Waals surface area contributed by atoms with Gasteiger partial charge in [0, 0.05) is 0 Å². The Morgan fingerprint density at radius 1 is 1.06 bits per heavy atom. The van der Waals surface area contributed by atoms with Crippen molar-refractivity contribution in [3.05, 3.63) is 58.0 Å². The van der Waals surface area contributed by atoms with E-state index in [-0.39, 0.29) is 11.5 Å². The minimum atomic E-state index is -0.217. The van der Waals surface area contributed by atoms with Gasteiger partial charge < -0.3 is 10.2 Å². The number of furan rings is 1. The van der Waals surface area contributed by atoms with Crippen LogP contribution < -0.4 is 5.73 Å². The third-order valence-corrected chi connectivity index (χ3v) is 3.46. The fourth-order valence-corrected chi connectivity index (χ4v) is 2.17. The minimum absolute atomic E-state index is 0.163. The van der Waals surface area contributed by atoms with Crippen molar-refractivity contribution in [1.29, 1.82) is 0 Å². The van der Waals surface area contributed by atoms with E-state index in [4.69, 9.17) is 10.2 Å². The van der Waals surface area contributed by atoms with Crippen molar-refractivity contribution in [2.45, 2.75) is 32.2 Å². The highest BCUT2D eigenvalue weighted by Gasteiger charge is 2.16. The molecule has 1 atom stereocenters. The molecule has 0 radical (unpaired) electrons. The van der Waals surface area contributed by atoms with Crippen LogP contribution in [0.15, 0.2) is 45.5 Å². The highest BCUT2D eigenvalue weighted by Crippen LogP contribution is 2.27. The monoisotopic (exact) mass is 307 g/mol. The van der Waals surface area contributed by atoms with Gasteiger partial charge in [-0.05, 0) is 44.6 Å². The van der Waals surface area contributed by atoms with Crippen LogP contribution in [0.4, 0.5) is 0 Å². The van der Waals surface area contributed by atoms with Crippen molar-refractivity contribution in [3.8, 4) is 0 Å². The molecule has 96 valence electrons. The largest absolute Gasteiger partial charge is 0.452 e. The van der Waals surface area contributed by atoms with E-state index in [1.54, 1.807) is 0 Å². The first-order valence-corrected chi connectivity index (χ1v) is 6.78. The summed E-state index contributed by atoms with van der Waals surface area (Å²) in [6.07, 6.45) is 0. The molecule has 0 bridgehead atoms. The Morgan fingerprint density at radius 2 is 1.67 bits per heavy atom. The van der Waals surface area contributed by atoms with Crippen molar-refractivity contribution < 1.29 is 4.42 Å². The van der Waals surface area contributed by atoms with Crippen LogP contribution in [0.1, 0.15) is 43.7 Å². The van der Waals surface area contributed by atoms with Gasteiger partial charge in [-0.1, -0.05) is 45.0 Å². The van der Waals surface area contributed by atoms with Crippen molar-refractivity contribution in [2.24, 2.45) is 5.73 Å². The van der Waals surface area contributed by atoms with E-state index in [2.05, 4.69) is 61.0 Å². The summed E-state index contributed by atoms with van der Waals surface area (Å²) in [5, 5.41) is 0. The molecule has 0 amide bonds. The van der Waals surface area contributed by atoms with Crippen molar-refractivity contribution in [3.63, 3.8) is 0 Å². The maximum absolute atomic E-state index is 6.17. The summed E-state index contributed by atoms with van der Waals surface area (Å²) in [5.74, 6) is 0.769. The van der Waals surface area contributed by atoms with Crippen LogP contribution >= 0.6 is 15.9 Å². The van der Waals surface area contributed by atoms with E-state index >= 15 is 0 Å². The van der Waals surface area contributed by atoms with Gasteiger partial charge >= 0.3 is 0 Å². The van der Waals surface area contributed by atoms with Crippen LogP contribution in [0.25, 0.3) is 0 Å². The van der Waals surface area contributed by atoms with Crippen molar-refractivity contribution >= 4 is 15.9 Å². The molecule has 0 aliphatic rings. The molecule has 0 saturated carbocycles. The number of hydrogen-bond acceptors (Lipinski definition) is 2. The molecule has 1 heterocycles. The Kier molecular flexibility index (Phi) is 3.64. The molecular formula is C15H18BrNO. The number of hydrogen-bond donors (Lipinski definition) is 1. The second-order valence-electron chi connectivity index (χ2n) is 5.49. The predicted molar refractivity (Wildman–Crippen MR) is 77.6 cm³/mol. The van der Waals surface area contributed by atoms with E-state index < -0.39 is 0 Å². The van der Waals surface area contributed by atoms with Crippen LogP contribution in [0, 0.1) is 0 Å². The normalized spacial score (nSPS) is 13.6. The summed E-state index contributed by atoms with van der Waals surface area (Å²) >= 11 is 3.29. The van der Waals surface area contributed by atoms with E-state index in [0.717, 1.165) is 11.3 Å². The molecule has 1 unspecified atom stereocenters. The average molecular weight is 308 g/mol. The first-order chi connectivity index (χ1) is 8.38.